The number of nitro benzene ring substituents is 1. The Kier molecular flexibility index (Phi) is 11.5. The molecule has 14 heteroatoms. The monoisotopic (exact) mass is 690 g/mol. The molecule has 1 fully saturated rings. The minimum absolute atomic E-state index is 0.0296. The van der Waals surface area contributed by atoms with Gasteiger partial charge in [0.1, 0.15) is 18.3 Å². The second-order valence-corrected chi connectivity index (χ2v) is 13.8. The van der Waals surface area contributed by atoms with E-state index in [0.717, 1.165) is 42.5 Å². The van der Waals surface area contributed by atoms with Crippen LogP contribution in [0.25, 0.3) is 0 Å². The van der Waals surface area contributed by atoms with Gasteiger partial charge in [-0.15, -0.1) is 0 Å². The van der Waals surface area contributed by atoms with Crippen LogP contribution in [-0.4, -0.2) is 55.8 Å². The summed E-state index contributed by atoms with van der Waals surface area (Å²) in [4.78, 5) is 39.6. The quantitative estimate of drug-likeness (QED) is 0.174. The van der Waals surface area contributed by atoms with E-state index in [9.17, 15) is 28.1 Å². The molecule has 1 unspecified atom stereocenters. The number of benzene rings is 3. The van der Waals surface area contributed by atoms with Gasteiger partial charge in [-0.2, -0.15) is 0 Å². The predicted molar refractivity (Wildman–Crippen MR) is 177 cm³/mol. The number of carbonyl (C=O) groups is 2. The van der Waals surface area contributed by atoms with Crippen LogP contribution in [0.2, 0.25) is 10.0 Å². The van der Waals surface area contributed by atoms with E-state index in [-0.39, 0.29) is 44.5 Å². The number of amides is 2. The van der Waals surface area contributed by atoms with Gasteiger partial charge < -0.3 is 15.0 Å². The highest BCUT2D eigenvalue weighted by Gasteiger charge is 2.34. The van der Waals surface area contributed by atoms with E-state index < -0.39 is 39.3 Å². The smallest absolute Gasteiger partial charge is 0.273 e. The van der Waals surface area contributed by atoms with Crippen LogP contribution in [0.15, 0.2) is 65.6 Å². The fourth-order valence-electron chi connectivity index (χ4n) is 5.36. The fraction of sp³-hybridized carbons (Fsp3) is 0.375. The molecule has 0 saturated heterocycles. The lowest BCUT2D eigenvalue weighted by Crippen LogP contribution is -2.53. The van der Waals surface area contributed by atoms with Crippen LogP contribution in [0.1, 0.15) is 50.2 Å². The van der Waals surface area contributed by atoms with Gasteiger partial charge in [-0.05, 0) is 69.2 Å². The summed E-state index contributed by atoms with van der Waals surface area (Å²) in [5, 5.41) is 15.2. The van der Waals surface area contributed by atoms with E-state index in [2.05, 4.69) is 5.32 Å². The molecule has 0 radical (unpaired) electrons. The molecule has 0 aliphatic heterocycles. The third-order valence-corrected chi connectivity index (χ3v) is 10.6. The van der Waals surface area contributed by atoms with Gasteiger partial charge in [0, 0.05) is 39.8 Å². The van der Waals surface area contributed by atoms with Crippen molar-refractivity contribution < 1.29 is 27.7 Å². The van der Waals surface area contributed by atoms with Gasteiger partial charge >= 0.3 is 0 Å². The van der Waals surface area contributed by atoms with E-state index in [1.807, 2.05) is 0 Å². The van der Waals surface area contributed by atoms with Crippen molar-refractivity contribution in [2.24, 2.45) is 0 Å². The lowest BCUT2D eigenvalue weighted by Gasteiger charge is -2.33. The molecule has 0 bridgehead atoms. The second-order valence-electron chi connectivity index (χ2n) is 11.2. The lowest BCUT2D eigenvalue weighted by atomic mass is 9.95. The van der Waals surface area contributed by atoms with Crippen LogP contribution in [0.4, 0.5) is 11.4 Å². The molecule has 4 rings (SSSR count). The number of hydrogen-bond donors (Lipinski definition) is 1. The summed E-state index contributed by atoms with van der Waals surface area (Å²) in [6, 6.07) is 13.3. The molecule has 1 N–H and O–H groups in total. The molecule has 3 aromatic carbocycles. The summed E-state index contributed by atoms with van der Waals surface area (Å²) < 4.78 is 34.4. The fourth-order valence-corrected chi connectivity index (χ4v) is 7.31. The van der Waals surface area contributed by atoms with Gasteiger partial charge in [0.25, 0.3) is 15.7 Å². The predicted octanol–water partition coefficient (Wildman–Crippen LogP) is 6.28. The first-order chi connectivity index (χ1) is 21.8. The Morgan fingerprint density at radius 1 is 1.04 bits per heavy atom. The zero-order valence-electron chi connectivity index (χ0n) is 25.7. The number of halogens is 2. The third kappa shape index (κ3) is 8.09. The SMILES string of the molecule is COc1ccc(N(CC(=O)N(Cc2c(Cl)cccc2Cl)C(C)C(=O)NC2CCCCC2)S(=O)(=O)c2ccc(C)c([N+](=O)[O-])c2)cc1. The van der Waals surface area contributed by atoms with Crippen molar-refractivity contribution in [2.45, 2.75) is 69.5 Å². The van der Waals surface area contributed by atoms with Crippen LogP contribution in [-0.2, 0) is 26.2 Å². The highest BCUT2D eigenvalue weighted by molar-refractivity contribution is 7.92. The normalized spacial score (nSPS) is 14.3. The number of hydrogen-bond acceptors (Lipinski definition) is 7. The van der Waals surface area contributed by atoms with Crippen molar-refractivity contribution in [1.29, 1.82) is 0 Å². The summed E-state index contributed by atoms with van der Waals surface area (Å²) >= 11 is 12.9. The largest absolute Gasteiger partial charge is 0.497 e. The first kappa shape index (κ1) is 35.0. The molecule has 2 amide bonds. The topological polar surface area (TPSA) is 139 Å². The summed E-state index contributed by atoms with van der Waals surface area (Å²) in [5.74, 6) is -0.666. The van der Waals surface area contributed by atoms with Gasteiger partial charge in [0.2, 0.25) is 11.8 Å². The molecule has 0 spiro atoms. The molecule has 46 heavy (non-hydrogen) atoms. The minimum Gasteiger partial charge on any atom is -0.497 e. The maximum Gasteiger partial charge on any atom is 0.273 e. The van der Waals surface area contributed by atoms with Crippen LogP contribution in [0, 0.1) is 17.0 Å². The number of aryl methyl sites for hydroxylation is 1. The van der Waals surface area contributed by atoms with Crippen molar-refractivity contribution in [3.63, 3.8) is 0 Å². The molecule has 3 aromatic rings. The maximum absolute atomic E-state index is 14.2. The van der Waals surface area contributed by atoms with Crippen LogP contribution < -0.4 is 14.4 Å². The second kappa shape index (κ2) is 15.1. The van der Waals surface area contributed by atoms with Gasteiger partial charge in [-0.1, -0.05) is 54.6 Å². The van der Waals surface area contributed by atoms with E-state index in [0.29, 0.717) is 11.3 Å². The molecule has 1 saturated carbocycles. The van der Waals surface area contributed by atoms with Crippen LogP contribution in [0.5, 0.6) is 5.75 Å². The molecule has 246 valence electrons. The summed E-state index contributed by atoms with van der Waals surface area (Å²) in [7, 11) is -3.09. The summed E-state index contributed by atoms with van der Waals surface area (Å²) in [5.41, 5.74) is 0.388. The Bertz CT molecular complexity index is 1680. The zero-order valence-corrected chi connectivity index (χ0v) is 28.1. The average Bonchev–Trinajstić information content (AvgIpc) is 3.03. The highest BCUT2D eigenvalue weighted by Crippen LogP contribution is 2.31. The van der Waals surface area contributed by atoms with Crippen molar-refractivity contribution in [3.8, 4) is 5.75 Å². The Labute approximate surface area is 278 Å². The first-order valence-corrected chi connectivity index (χ1v) is 17.0. The number of carbonyl (C=O) groups excluding carboxylic acids is 2. The van der Waals surface area contributed by atoms with Crippen molar-refractivity contribution in [1.82, 2.24) is 10.2 Å². The maximum atomic E-state index is 14.2. The number of anilines is 1. The van der Waals surface area contributed by atoms with E-state index in [1.165, 1.54) is 55.3 Å². The minimum atomic E-state index is -4.54. The standard InChI is InChI=1S/C32H36Cl2N4O7S/c1-21-12-17-26(18-30(21)38(41)42)46(43,44)37(24-13-15-25(45-3)16-14-24)20-31(39)36(19-27-28(33)10-7-11-29(27)34)22(2)32(40)35-23-8-5-4-6-9-23/h7,10-18,22-23H,4-6,8-9,19-20H2,1-3H3,(H,35,40). The molecule has 0 heterocycles. The number of rotatable bonds is 12. The van der Waals surface area contributed by atoms with Gasteiger partial charge in [-0.25, -0.2) is 8.42 Å². The van der Waals surface area contributed by atoms with Gasteiger partial charge in [0.05, 0.1) is 22.6 Å². The zero-order chi connectivity index (χ0) is 33.6. The molecule has 0 aromatic heterocycles. The van der Waals surface area contributed by atoms with Crippen molar-refractivity contribution in [3.05, 3.63) is 92.0 Å². The molecule has 1 aliphatic carbocycles. The van der Waals surface area contributed by atoms with Crippen molar-refractivity contribution >= 4 is 56.4 Å². The van der Waals surface area contributed by atoms with Crippen LogP contribution in [0.3, 0.4) is 0 Å². The summed E-state index contributed by atoms with van der Waals surface area (Å²) in [6.07, 6.45) is 4.73. The van der Waals surface area contributed by atoms with Crippen molar-refractivity contribution in [2.75, 3.05) is 18.0 Å². The highest BCUT2D eigenvalue weighted by atomic mass is 35.5. The number of ether oxygens (including phenoxy) is 1. The molecular weight excluding hydrogens is 655 g/mol. The van der Waals surface area contributed by atoms with E-state index in [1.54, 1.807) is 25.1 Å². The summed E-state index contributed by atoms with van der Waals surface area (Å²) in [6.45, 7) is 2.15. The molecule has 1 atom stereocenters. The number of nitrogens with one attached hydrogen (secondary N) is 1. The number of methoxy groups -OCH3 is 1. The molecular formula is C32H36Cl2N4O7S. The Morgan fingerprint density at radius 3 is 2.26 bits per heavy atom. The van der Waals surface area contributed by atoms with E-state index >= 15 is 0 Å². The third-order valence-electron chi connectivity index (χ3n) is 8.11. The van der Waals surface area contributed by atoms with Gasteiger partial charge in [0.15, 0.2) is 0 Å². The first-order valence-electron chi connectivity index (χ1n) is 14.8. The Morgan fingerprint density at radius 2 is 1.67 bits per heavy atom. The molecule has 11 nitrogen and oxygen atoms in total. The van der Waals surface area contributed by atoms with E-state index in [4.69, 9.17) is 27.9 Å². The van der Waals surface area contributed by atoms with Crippen LogP contribution >= 0.6 is 23.2 Å². The number of sulfonamides is 1. The molecule has 1 aliphatic rings. The number of nitrogens with zero attached hydrogens (tertiary/aromatic N) is 3. The lowest BCUT2D eigenvalue weighted by molar-refractivity contribution is -0.385. The van der Waals surface area contributed by atoms with Gasteiger partial charge in [-0.3, -0.25) is 24.0 Å². The average molecular weight is 692 g/mol. The Hall–Kier alpha value is -3.87. The Balaban J connectivity index is 1.75. The number of nitro groups is 1.